The first kappa shape index (κ1) is 20.5. The molecule has 2 aliphatic rings. The molecule has 0 aromatic heterocycles. The number of amides is 1. The fraction of sp³-hybridized carbons (Fsp3) is 0.600. The summed E-state index contributed by atoms with van der Waals surface area (Å²) in [6, 6.07) is 4.95. The Bertz CT molecular complexity index is 721. The number of nitrogens with zero attached hydrogens (tertiary/aromatic N) is 2. The first-order valence-electron chi connectivity index (χ1n) is 9.64. The molecule has 1 aromatic rings. The third-order valence-electron chi connectivity index (χ3n) is 5.50. The average molecular weight is 393 g/mol. The quantitative estimate of drug-likeness (QED) is 0.736. The molecule has 154 valence electrons. The Kier molecular flexibility index (Phi) is 6.51. The van der Waals surface area contributed by atoms with Crippen LogP contribution in [0.15, 0.2) is 18.2 Å². The summed E-state index contributed by atoms with van der Waals surface area (Å²) in [4.78, 5) is 27.9. The van der Waals surface area contributed by atoms with Crippen LogP contribution < -0.4 is 10.2 Å². The highest BCUT2D eigenvalue weighted by Gasteiger charge is 2.43. The summed E-state index contributed by atoms with van der Waals surface area (Å²) in [5.74, 6) is -1.91. The summed E-state index contributed by atoms with van der Waals surface area (Å²) in [6.07, 6.45) is -0.682. The average Bonchev–Trinajstić information content (AvgIpc) is 2.93. The molecule has 0 bridgehead atoms. The number of piperazine rings is 1. The van der Waals surface area contributed by atoms with Gasteiger partial charge in [-0.2, -0.15) is 0 Å². The van der Waals surface area contributed by atoms with Crippen LogP contribution in [0.3, 0.4) is 0 Å². The lowest BCUT2D eigenvalue weighted by Gasteiger charge is -2.36. The molecule has 1 aromatic carbocycles. The second kappa shape index (κ2) is 8.87. The van der Waals surface area contributed by atoms with Crippen LogP contribution in [-0.4, -0.2) is 69.4 Å². The van der Waals surface area contributed by atoms with Crippen LogP contribution in [0, 0.1) is 11.7 Å². The largest absolute Gasteiger partial charge is 0.441 e. The Labute approximate surface area is 164 Å². The highest BCUT2D eigenvalue weighted by molar-refractivity contribution is 5.82. The number of nitrogens with one attached hydrogen (secondary N) is 1. The molecule has 2 unspecified atom stereocenters. The van der Waals surface area contributed by atoms with Crippen LogP contribution in [0.2, 0.25) is 0 Å². The first-order valence-corrected chi connectivity index (χ1v) is 9.64. The third-order valence-corrected chi connectivity index (χ3v) is 5.50. The molecule has 1 amide bonds. The highest BCUT2D eigenvalue weighted by Crippen LogP contribution is 2.37. The van der Waals surface area contributed by atoms with Crippen LogP contribution in [0.1, 0.15) is 25.3 Å². The fourth-order valence-corrected chi connectivity index (χ4v) is 3.90. The molecule has 7 nitrogen and oxygen atoms in total. The van der Waals surface area contributed by atoms with Crippen molar-refractivity contribution in [3.63, 3.8) is 0 Å². The molecule has 28 heavy (non-hydrogen) atoms. The van der Waals surface area contributed by atoms with E-state index >= 15 is 0 Å². The summed E-state index contributed by atoms with van der Waals surface area (Å²) < 4.78 is 25.2. The van der Waals surface area contributed by atoms with Gasteiger partial charge in [-0.3, -0.25) is 14.5 Å². The van der Waals surface area contributed by atoms with Crippen molar-refractivity contribution in [2.45, 2.75) is 26.0 Å². The maximum absolute atomic E-state index is 14.9. The van der Waals surface area contributed by atoms with Gasteiger partial charge in [0, 0.05) is 52.7 Å². The van der Waals surface area contributed by atoms with Crippen molar-refractivity contribution in [1.29, 1.82) is 0 Å². The second-order valence-electron chi connectivity index (χ2n) is 7.43. The lowest BCUT2D eigenvalue weighted by molar-refractivity contribution is -0.144. The number of hydrogen-bond donors (Lipinski definition) is 1. The summed E-state index contributed by atoms with van der Waals surface area (Å²) in [5.41, 5.74) is 1.12. The number of anilines is 1. The molecular formula is C20H28FN3O4. The molecule has 2 heterocycles. The van der Waals surface area contributed by atoms with Crippen molar-refractivity contribution in [1.82, 2.24) is 10.2 Å². The zero-order valence-electron chi connectivity index (χ0n) is 16.6. The Morgan fingerprint density at radius 1 is 1.32 bits per heavy atom. The zero-order chi connectivity index (χ0) is 20.3. The molecule has 0 radical (unpaired) electrons. The van der Waals surface area contributed by atoms with Crippen LogP contribution in [0.4, 0.5) is 10.1 Å². The topological polar surface area (TPSA) is 71.1 Å². The molecule has 1 N–H and O–H groups in total. The van der Waals surface area contributed by atoms with Crippen LogP contribution >= 0.6 is 0 Å². The summed E-state index contributed by atoms with van der Waals surface area (Å²) in [6.45, 7) is 7.96. The van der Waals surface area contributed by atoms with Gasteiger partial charge in [0.25, 0.3) is 0 Å². The minimum Gasteiger partial charge on any atom is -0.441 e. The normalized spacial score (nSPS) is 25.6. The zero-order valence-corrected chi connectivity index (χ0v) is 16.6. The van der Waals surface area contributed by atoms with Crippen molar-refractivity contribution >= 4 is 17.6 Å². The van der Waals surface area contributed by atoms with Gasteiger partial charge >= 0.3 is 5.97 Å². The number of methoxy groups -OCH3 is 1. The molecule has 2 saturated heterocycles. The van der Waals surface area contributed by atoms with Crippen LogP contribution in [0.25, 0.3) is 0 Å². The minimum absolute atomic E-state index is 0.267. The number of esters is 1. The SMILES string of the molecule is COCCN1CCN(c2ccc(C3C(=O)O[C@@H](NC(C)=O)C3C)cc2F)CC1. The van der Waals surface area contributed by atoms with Gasteiger partial charge in [0.15, 0.2) is 6.23 Å². The Hall–Kier alpha value is -2.19. The van der Waals surface area contributed by atoms with Crippen molar-refractivity contribution in [2.24, 2.45) is 5.92 Å². The first-order chi connectivity index (χ1) is 13.4. The second-order valence-corrected chi connectivity index (χ2v) is 7.43. The van der Waals surface area contributed by atoms with E-state index in [1.165, 1.54) is 13.0 Å². The predicted molar refractivity (Wildman–Crippen MR) is 103 cm³/mol. The van der Waals surface area contributed by atoms with E-state index in [1.807, 2.05) is 11.8 Å². The van der Waals surface area contributed by atoms with E-state index in [4.69, 9.17) is 9.47 Å². The van der Waals surface area contributed by atoms with E-state index in [-0.39, 0.29) is 17.6 Å². The number of hydrogen-bond acceptors (Lipinski definition) is 6. The predicted octanol–water partition coefficient (Wildman–Crippen LogP) is 1.33. The standard InChI is InChI=1S/C20H28FN3O4/c1-13-18(20(26)28-19(13)22-14(2)25)15-4-5-17(16(21)12-15)24-8-6-23(7-9-24)10-11-27-3/h4-5,12-13,18-19H,6-11H2,1-3H3,(H,22,25)/t13?,18?,19-/m1/s1. The monoisotopic (exact) mass is 393 g/mol. The molecule has 3 rings (SSSR count). The molecule has 0 aliphatic carbocycles. The number of carbonyl (C=O) groups is 2. The number of ether oxygens (including phenoxy) is 2. The molecule has 2 fully saturated rings. The maximum Gasteiger partial charge on any atom is 0.315 e. The molecule has 8 heteroatoms. The summed E-state index contributed by atoms with van der Waals surface area (Å²) >= 11 is 0. The van der Waals surface area contributed by atoms with E-state index in [9.17, 15) is 14.0 Å². The van der Waals surface area contributed by atoms with Gasteiger partial charge in [0.1, 0.15) is 5.82 Å². The van der Waals surface area contributed by atoms with Gasteiger partial charge in [-0.1, -0.05) is 13.0 Å². The third kappa shape index (κ3) is 4.44. The van der Waals surface area contributed by atoms with E-state index in [0.717, 1.165) is 32.7 Å². The minimum atomic E-state index is -0.682. The number of rotatable bonds is 6. The van der Waals surface area contributed by atoms with Gasteiger partial charge < -0.3 is 19.7 Å². The maximum atomic E-state index is 14.9. The van der Waals surface area contributed by atoms with Crippen molar-refractivity contribution in [3.05, 3.63) is 29.6 Å². The van der Waals surface area contributed by atoms with Gasteiger partial charge in [-0.05, 0) is 17.7 Å². The number of carbonyl (C=O) groups excluding carboxylic acids is 2. The highest BCUT2D eigenvalue weighted by atomic mass is 19.1. The van der Waals surface area contributed by atoms with Gasteiger partial charge in [-0.15, -0.1) is 0 Å². The Morgan fingerprint density at radius 3 is 2.64 bits per heavy atom. The van der Waals surface area contributed by atoms with E-state index in [1.54, 1.807) is 19.2 Å². The Morgan fingerprint density at radius 2 is 2.04 bits per heavy atom. The summed E-state index contributed by atoms with van der Waals surface area (Å²) in [7, 11) is 1.69. The van der Waals surface area contributed by atoms with Gasteiger partial charge in [0.05, 0.1) is 18.2 Å². The number of cyclic esters (lactones) is 1. The summed E-state index contributed by atoms with van der Waals surface area (Å²) in [5, 5.41) is 2.62. The lowest BCUT2D eigenvalue weighted by atomic mass is 9.88. The van der Waals surface area contributed by atoms with Crippen molar-refractivity contribution < 1.29 is 23.5 Å². The Balaban J connectivity index is 1.68. The van der Waals surface area contributed by atoms with E-state index in [2.05, 4.69) is 10.2 Å². The van der Waals surface area contributed by atoms with Crippen molar-refractivity contribution in [2.75, 3.05) is 51.3 Å². The number of benzene rings is 1. The van der Waals surface area contributed by atoms with Gasteiger partial charge in [-0.25, -0.2) is 4.39 Å². The molecule has 3 atom stereocenters. The van der Waals surface area contributed by atoms with E-state index < -0.39 is 18.1 Å². The van der Waals surface area contributed by atoms with Crippen LogP contribution in [0.5, 0.6) is 0 Å². The smallest absolute Gasteiger partial charge is 0.315 e. The molecule has 0 saturated carbocycles. The molecular weight excluding hydrogens is 365 g/mol. The molecule has 2 aliphatic heterocycles. The van der Waals surface area contributed by atoms with Crippen LogP contribution in [-0.2, 0) is 19.1 Å². The number of halogens is 1. The lowest BCUT2D eigenvalue weighted by Crippen LogP contribution is -2.47. The molecule has 0 spiro atoms. The fourth-order valence-electron chi connectivity index (χ4n) is 3.90. The van der Waals surface area contributed by atoms with Gasteiger partial charge in [0.2, 0.25) is 5.91 Å². The van der Waals surface area contributed by atoms with E-state index in [0.29, 0.717) is 17.9 Å². The van der Waals surface area contributed by atoms with Crippen molar-refractivity contribution in [3.8, 4) is 0 Å².